The molecule has 4 rings (SSSR count). The van der Waals surface area contributed by atoms with Gasteiger partial charge in [-0.3, -0.25) is 4.79 Å². The van der Waals surface area contributed by atoms with Gasteiger partial charge in [-0.25, -0.2) is 14.5 Å². The van der Waals surface area contributed by atoms with Gasteiger partial charge in [-0.05, 0) is 82.5 Å². The lowest BCUT2D eigenvalue weighted by Crippen LogP contribution is -2.30. The number of benzene rings is 3. The molecule has 0 aromatic heterocycles. The highest BCUT2D eigenvalue weighted by molar-refractivity contribution is 9.10. The number of nitrogens with zero attached hydrogens (tertiary/aromatic N) is 1. The molecular formula is C26H20BrClN2O6. The summed E-state index contributed by atoms with van der Waals surface area (Å²) in [6.07, 6.45) is 1.55. The van der Waals surface area contributed by atoms with E-state index < -0.39 is 17.9 Å². The van der Waals surface area contributed by atoms with Crippen molar-refractivity contribution in [1.82, 2.24) is 5.32 Å². The van der Waals surface area contributed by atoms with Gasteiger partial charge in [0.25, 0.3) is 5.91 Å². The maximum Gasteiger partial charge on any atom is 0.335 e. The summed E-state index contributed by atoms with van der Waals surface area (Å²) < 4.78 is 12.3. The Balaban J connectivity index is 1.57. The van der Waals surface area contributed by atoms with E-state index in [0.29, 0.717) is 38.9 Å². The third-order valence-corrected chi connectivity index (χ3v) is 6.00. The summed E-state index contributed by atoms with van der Waals surface area (Å²) in [4.78, 5) is 37.5. The Bertz CT molecular complexity index is 1370. The average molecular weight is 572 g/mol. The van der Waals surface area contributed by atoms with E-state index >= 15 is 0 Å². The van der Waals surface area contributed by atoms with Crippen LogP contribution >= 0.6 is 27.5 Å². The molecule has 0 saturated carbocycles. The lowest BCUT2D eigenvalue weighted by Gasteiger charge is -2.15. The van der Waals surface area contributed by atoms with Crippen LogP contribution in [0.2, 0.25) is 5.02 Å². The third kappa shape index (κ3) is 5.53. The molecule has 1 heterocycles. The van der Waals surface area contributed by atoms with Gasteiger partial charge in [0.2, 0.25) is 0 Å². The highest BCUT2D eigenvalue weighted by Gasteiger charge is 2.35. The van der Waals surface area contributed by atoms with E-state index in [1.807, 2.05) is 6.92 Å². The zero-order valence-corrected chi connectivity index (χ0v) is 21.3. The van der Waals surface area contributed by atoms with Crippen LogP contribution in [0.15, 0.2) is 70.8 Å². The quantitative estimate of drug-likeness (QED) is 0.259. The molecule has 0 aliphatic carbocycles. The maximum absolute atomic E-state index is 12.9. The van der Waals surface area contributed by atoms with E-state index in [9.17, 15) is 14.4 Å². The van der Waals surface area contributed by atoms with Gasteiger partial charge >= 0.3 is 12.0 Å². The predicted molar refractivity (Wildman–Crippen MR) is 138 cm³/mol. The van der Waals surface area contributed by atoms with E-state index in [-0.39, 0.29) is 17.9 Å². The third-order valence-electron chi connectivity index (χ3n) is 5.17. The highest BCUT2D eigenvalue weighted by atomic mass is 79.9. The van der Waals surface area contributed by atoms with E-state index in [0.717, 1.165) is 10.5 Å². The zero-order valence-electron chi connectivity index (χ0n) is 19.0. The van der Waals surface area contributed by atoms with Gasteiger partial charge in [-0.15, -0.1) is 0 Å². The number of amides is 3. The molecule has 0 bridgehead atoms. The van der Waals surface area contributed by atoms with Gasteiger partial charge in [0.05, 0.1) is 22.3 Å². The number of carbonyl (C=O) groups is 3. The number of carbonyl (C=O) groups excluding carboxylic acids is 2. The Morgan fingerprint density at radius 2 is 1.86 bits per heavy atom. The van der Waals surface area contributed by atoms with Gasteiger partial charge in [-0.2, -0.15) is 0 Å². The first-order chi connectivity index (χ1) is 17.3. The fourth-order valence-corrected chi connectivity index (χ4v) is 4.28. The fourth-order valence-electron chi connectivity index (χ4n) is 3.52. The number of imide groups is 1. The van der Waals surface area contributed by atoms with Crippen LogP contribution in [0.4, 0.5) is 10.5 Å². The zero-order chi connectivity index (χ0) is 25.8. The summed E-state index contributed by atoms with van der Waals surface area (Å²) in [5.41, 5.74) is 2.03. The van der Waals surface area contributed by atoms with Crippen LogP contribution in [0.3, 0.4) is 0 Å². The van der Waals surface area contributed by atoms with Crippen molar-refractivity contribution in [3.05, 3.63) is 92.5 Å². The summed E-state index contributed by atoms with van der Waals surface area (Å²) in [6.45, 7) is 2.38. The molecule has 36 heavy (non-hydrogen) atoms. The molecule has 184 valence electrons. The summed E-state index contributed by atoms with van der Waals surface area (Å²) >= 11 is 9.51. The van der Waals surface area contributed by atoms with Gasteiger partial charge < -0.3 is 19.9 Å². The molecule has 0 unspecified atom stereocenters. The molecular weight excluding hydrogens is 552 g/mol. The number of hydrogen-bond donors (Lipinski definition) is 2. The van der Waals surface area contributed by atoms with Crippen molar-refractivity contribution in [2.75, 3.05) is 11.5 Å². The van der Waals surface area contributed by atoms with Gasteiger partial charge in [0.15, 0.2) is 11.5 Å². The summed E-state index contributed by atoms with van der Waals surface area (Å²) in [5.74, 6) is -0.629. The number of carboxylic acid groups (broad SMARTS) is 1. The topological polar surface area (TPSA) is 105 Å². The first-order valence-electron chi connectivity index (χ1n) is 10.8. The van der Waals surface area contributed by atoms with E-state index in [1.54, 1.807) is 48.5 Å². The summed E-state index contributed by atoms with van der Waals surface area (Å²) in [7, 11) is 0. The lowest BCUT2D eigenvalue weighted by atomic mass is 10.1. The van der Waals surface area contributed by atoms with E-state index in [4.69, 9.17) is 26.2 Å². The maximum atomic E-state index is 12.9. The van der Waals surface area contributed by atoms with Crippen molar-refractivity contribution in [3.63, 3.8) is 0 Å². The normalized spacial score (nSPS) is 14.2. The number of anilines is 1. The van der Waals surface area contributed by atoms with Crippen LogP contribution < -0.4 is 19.7 Å². The molecule has 10 heteroatoms. The van der Waals surface area contributed by atoms with Crippen molar-refractivity contribution >= 4 is 57.2 Å². The van der Waals surface area contributed by atoms with Crippen molar-refractivity contribution < 1.29 is 29.0 Å². The smallest absolute Gasteiger partial charge is 0.335 e. The number of halogens is 2. The Hall–Kier alpha value is -3.82. The molecule has 1 aliphatic rings. The number of hydrogen-bond acceptors (Lipinski definition) is 5. The number of ether oxygens (including phenoxy) is 2. The second-order valence-electron chi connectivity index (χ2n) is 7.66. The number of nitrogens with one attached hydrogen (secondary N) is 1. The molecule has 3 amide bonds. The van der Waals surface area contributed by atoms with Crippen molar-refractivity contribution in [3.8, 4) is 11.5 Å². The second kappa shape index (κ2) is 10.8. The molecule has 1 fully saturated rings. The Labute approximate surface area is 220 Å². The van der Waals surface area contributed by atoms with Crippen LogP contribution in [0.25, 0.3) is 6.08 Å². The van der Waals surface area contributed by atoms with Crippen LogP contribution in [0, 0.1) is 0 Å². The van der Waals surface area contributed by atoms with Crippen molar-refractivity contribution in [2.24, 2.45) is 0 Å². The Morgan fingerprint density at radius 3 is 2.53 bits per heavy atom. The van der Waals surface area contributed by atoms with Crippen LogP contribution in [-0.2, 0) is 11.4 Å². The molecule has 1 aliphatic heterocycles. The monoisotopic (exact) mass is 570 g/mol. The van der Waals surface area contributed by atoms with Gasteiger partial charge in [0, 0.05) is 5.02 Å². The van der Waals surface area contributed by atoms with Crippen LogP contribution in [0.5, 0.6) is 11.5 Å². The summed E-state index contributed by atoms with van der Waals surface area (Å²) in [6, 6.07) is 15.7. The number of urea groups is 1. The largest absolute Gasteiger partial charge is 0.490 e. The Kier molecular flexibility index (Phi) is 7.61. The number of aromatic carboxylic acids is 1. The highest BCUT2D eigenvalue weighted by Crippen LogP contribution is 2.38. The molecule has 8 nitrogen and oxygen atoms in total. The lowest BCUT2D eigenvalue weighted by molar-refractivity contribution is -0.113. The van der Waals surface area contributed by atoms with Crippen LogP contribution in [-0.4, -0.2) is 29.6 Å². The van der Waals surface area contributed by atoms with Crippen molar-refractivity contribution in [2.45, 2.75) is 13.5 Å². The number of carboxylic acids is 1. The standard InChI is InChI=1S/C26H20BrClN2O6/c1-2-35-22-12-16(10-20(27)23(22)36-14-15-6-8-17(9-7-15)25(32)33)11-21-24(31)30(26(34)29-21)19-5-3-4-18(28)13-19/h3-13H,2,14H2,1H3,(H,29,34)(H,32,33)/b21-11+. The minimum absolute atomic E-state index is 0.0986. The van der Waals surface area contributed by atoms with E-state index in [2.05, 4.69) is 21.2 Å². The van der Waals surface area contributed by atoms with Gasteiger partial charge in [0.1, 0.15) is 12.3 Å². The van der Waals surface area contributed by atoms with Gasteiger partial charge in [-0.1, -0.05) is 29.8 Å². The van der Waals surface area contributed by atoms with Crippen molar-refractivity contribution in [1.29, 1.82) is 0 Å². The molecule has 3 aromatic carbocycles. The minimum Gasteiger partial charge on any atom is -0.490 e. The van der Waals surface area contributed by atoms with Crippen LogP contribution in [0.1, 0.15) is 28.4 Å². The first kappa shape index (κ1) is 25.3. The molecule has 1 saturated heterocycles. The molecule has 0 atom stereocenters. The SMILES string of the molecule is CCOc1cc(/C=C2/NC(=O)N(c3cccc(Cl)c3)C2=O)cc(Br)c1OCc1ccc(C(=O)O)cc1. The molecule has 0 radical (unpaired) electrons. The Morgan fingerprint density at radius 1 is 1.11 bits per heavy atom. The number of rotatable bonds is 8. The minimum atomic E-state index is -0.999. The molecule has 2 N–H and O–H groups in total. The summed E-state index contributed by atoms with van der Waals surface area (Å²) in [5, 5.41) is 12.0. The second-order valence-corrected chi connectivity index (χ2v) is 8.95. The van der Waals surface area contributed by atoms with E-state index in [1.165, 1.54) is 18.2 Å². The molecule has 3 aromatic rings. The average Bonchev–Trinajstić information content (AvgIpc) is 3.11. The first-order valence-corrected chi connectivity index (χ1v) is 12.0. The molecule has 0 spiro atoms. The fraction of sp³-hybridized carbons (Fsp3) is 0.115. The predicted octanol–water partition coefficient (Wildman–Crippen LogP) is 5.88.